The van der Waals surface area contributed by atoms with Crippen LogP contribution in [0.15, 0.2) is 48.5 Å². The van der Waals surface area contributed by atoms with Gasteiger partial charge in [0, 0.05) is 49.7 Å². The van der Waals surface area contributed by atoms with Gasteiger partial charge in [-0.15, -0.1) is 0 Å². The van der Waals surface area contributed by atoms with Crippen molar-refractivity contribution in [2.45, 2.75) is 0 Å². The van der Waals surface area contributed by atoms with E-state index in [1.807, 2.05) is 24.3 Å². The standard InChI is InChI=1S/C17H18N4/c18-13-14-1-5-16(6-2-14)20-9-11-21(12-10-20)17-7-3-15(19)4-8-17/h1-8H,9-12,19H2/p+1. The fourth-order valence-corrected chi connectivity index (χ4v) is 2.68. The van der Waals surface area contributed by atoms with E-state index in [0.29, 0.717) is 5.56 Å². The first kappa shape index (κ1) is 13.5. The van der Waals surface area contributed by atoms with E-state index in [4.69, 9.17) is 5.26 Å². The van der Waals surface area contributed by atoms with E-state index in [-0.39, 0.29) is 0 Å². The van der Waals surface area contributed by atoms with Crippen LogP contribution < -0.4 is 15.5 Å². The van der Waals surface area contributed by atoms with Crippen molar-refractivity contribution in [1.29, 1.82) is 5.26 Å². The highest BCUT2D eigenvalue weighted by Gasteiger charge is 2.17. The molecule has 0 atom stereocenters. The Labute approximate surface area is 125 Å². The Morgan fingerprint density at radius 2 is 1.19 bits per heavy atom. The van der Waals surface area contributed by atoms with Gasteiger partial charge in [-0.1, -0.05) is 0 Å². The van der Waals surface area contributed by atoms with E-state index in [1.54, 1.807) is 0 Å². The second-order valence-electron chi connectivity index (χ2n) is 5.30. The summed E-state index contributed by atoms with van der Waals surface area (Å²) in [5.41, 5.74) is 8.15. The van der Waals surface area contributed by atoms with Crippen LogP contribution in [0.3, 0.4) is 0 Å². The second kappa shape index (κ2) is 5.86. The van der Waals surface area contributed by atoms with Gasteiger partial charge in [-0.3, -0.25) is 0 Å². The summed E-state index contributed by atoms with van der Waals surface area (Å²) in [6, 6.07) is 18.4. The first-order chi connectivity index (χ1) is 10.3. The summed E-state index contributed by atoms with van der Waals surface area (Å²) < 4.78 is 0. The lowest BCUT2D eigenvalue weighted by atomic mass is 10.2. The Bertz CT molecular complexity index is 632. The predicted molar refractivity (Wildman–Crippen MR) is 84.6 cm³/mol. The average molecular weight is 279 g/mol. The van der Waals surface area contributed by atoms with Crippen molar-refractivity contribution in [3.05, 3.63) is 54.1 Å². The molecule has 0 aliphatic carbocycles. The molecule has 3 rings (SSSR count). The molecule has 106 valence electrons. The Hall–Kier alpha value is -2.51. The maximum atomic E-state index is 8.84. The lowest BCUT2D eigenvalue weighted by molar-refractivity contribution is -0.254. The summed E-state index contributed by atoms with van der Waals surface area (Å²) in [7, 11) is 0. The van der Waals surface area contributed by atoms with Crippen molar-refractivity contribution in [2.24, 2.45) is 0 Å². The number of piperazine rings is 1. The number of hydrogen-bond donors (Lipinski definition) is 1. The highest BCUT2D eigenvalue weighted by atomic mass is 15.3. The molecule has 2 aromatic carbocycles. The molecular formula is C17H19N4+. The topological polar surface area (TPSA) is 57.9 Å². The first-order valence-electron chi connectivity index (χ1n) is 7.18. The van der Waals surface area contributed by atoms with Crippen LogP contribution in [0.2, 0.25) is 0 Å². The molecule has 1 fully saturated rings. The highest BCUT2D eigenvalue weighted by Crippen LogP contribution is 2.21. The van der Waals surface area contributed by atoms with Gasteiger partial charge in [0.15, 0.2) is 0 Å². The molecule has 0 radical (unpaired) electrons. The molecule has 3 N–H and O–H groups in total. The van der Waals surface area contributed by atoms with Gasteiger partial charge in [-0.05, 0) is 36.4 Å². The third-order valence-corrected chi connectivity index (χ3v) is 3.94. The summed E-state index contributed by atoms with van der Waals surface area (Å²) in [5.74, 6) is 0. The van der Waals surface area contributed by atoms with Crippen LogP contribution in [0, 0.1) is 11.3 Å². The molecule has 4 heteroatoms. The van der Waals surface area contributed by atoms with Gasteiger partial charge < -0.3 is 15.5 Å². The van der Waals surface area contributed by atoms with Gasteiger partial charge in [0.05, 0.1) is 11.6 Å². The molecule has 0 amide bonds. The number of nitriles is 1. The van der Waals surface area contributed by atoms with Crippen LogP contribution in [0.25, 0.3) is 0 Å². The third-order valence-electron chi connectivity index (χ3n) is 3.94. The molecule has 1 aliphatic heterocycles. The van der Waals surface area contributed by atoms with Crippen molar-refractivity contribution >= 4 is 17.1 Å². The minimum atomic E-state index is 0.714. The smallest absolute Gasteiger partial charge is 0.128 e. The Morgan fingerprint density at radius 1 is 0.762 bits per heavy atom. The fourth-order valence-electron chi connectivity index (χ4n) is 2.68. The molecule has 0 saturated carbocycles. The predicted octanol–water partition coefficient (Wildman–Crippen LogP) is 1.76. The summed E-state index contributed by atoms with van der Waals surface area (Å²) in [5, 5.41) is 8.84. The van der Waals surface area contributed by atoms with E-state index in [0.717, 1.165) is 31.9 Å². The van der Waals surface area contributed by atoms with Crippen molar-refractivity contribution in [1.82, 2.24) is 0 Å². The molecule has 1 saturated heterocycles. The maximum Gasteiger partial charge on any atom is 0.128 e. The molecule has 0 spiro atoms. The van der Waals surface area contributed by atoms with Gasteiger partial charge >= 0.3 is 0 Å². The largest absolute Gasteiger partial charge is 0.368 e. The van der Waals surface area contributed by atoms with E-state index < -0.39 is 0 Å². The van der Waals surface area contributed by atoms with Crippen molar-refractivity contribution < 1.29 is 5.73 Å². The van der Waals surface area contributed by atoms with Crippen LogP contribution >= 0.6 is 0 Å². The Kier molecular flexibility index (Phi) is 3.76. The average Bonchev–Trinajstić information content (AvgIpc) is 2.56. The van der Waals surface area contributed by atoms with Gasteiger partial charge in [0.25, 0.3) is 0 Å². The molecule has 2 aromatic rings. The van der Waals surface area contributed by atoms with Crippen LogP contribution in [0.5, 0.6) is 0 Å². The summed E-state index contributed by atoms with van der Waals surface area (Å²) in [6.07, 6.45) is 0. The third kappa shape index (κ3) is 2.99. The van der Waals surface area contributed by atoms with Crippen LogP contribution in [0.4, 0.5) is 17.1 Å². The second-order valence-corrected chi connectivity index (χ2v) is 5.30. The van der Waals surface area contributed by atoms with E-state index in [2.05, 4.69) is 45.9 Å². The van der Waals surface area contributed by atoms with E-state index >= 15 is 0 Å². The molecule has 21 heavy (non-hydrogen) atoms. The van der Waals surface area contributed by atoms with Gasteiger partial charge in [-0.25, -0.2) is 0 Å². The van der Waals surface area contributed by atoms with Crippen LogP contribution in [0.1, 0.15) is 5.56 Å². The summed E-state index contributed by atoms with van der Waals surface area (Å²) in [6.45, 7) is 4.02. The highest BCUT2D eigenvalue weighted by molar-refractivity contribution is 5.54. The fraction of sp³-hybridized carbons (Fsp3) is 0.235. The first-order valence-corrected chi connectivity index (χ1v) is 7.18. The Morgan fingerprint density at radius 3 is 1.62 bits per heavy atom. The van der Waals surface area contributed by atoms with Crippen LogP contribution in [-0.4, -0.2) is 26.2 Å². The molecular weight excluding hydrogens is 260 g/mol. The molecule has 1 aliphatic rings. The number of benzene rings is 2. The number of rotatable bonds is 2. The number of anilines is 2. The lowest BCUT2D eigenvalue weighted by Crippen LogP contribution is -2.46. The zero-order valence-electron chi connectivity index (χ0n) is 12.0. The normalized spacial score (nSPS) is 14.9. The van der Waals surface area contributed by atoms with Crippen molar-refractivity contribution in [2.75, 3.05) is 36.0 Å². The minimum Gasteiger partial charge on any atom is -0.368 e. The van der Waals surface area contributed by atoms with Crippen molar-refractivity contribution in [3.8, 4) is 6.07 Å². The van der Waals surface area contributed by atoms with Crippen LogP contribution in [-0.2, 0) is 0 Å². The number of quaternary nitrogens is 1. The van der Waals surface area contributed by atoms with Gasteiger partial charge in [0.2, 0.25) is 0 Å². The zero-order chi connectivity index (χ0) is 14.7. The zero-order valence-corrected chi connectivity index (χ0v) is 12.0. The molecule has 0 bridgehead atoms. The maximum absolute atomic E-state index is 8.84. The minimum absolute atomic E-state index is 0.714. The number of hydrogen-bond acceptors (Lipinski definition) is 3. The molecule has 0 unspecified atom stereocenters. The molecule has 4 nitrogen and oxygen atoms in total. The Balaban J connectivity index is 1.64. The SMILES string of the molecule is N#Cc1ccc(N2CCN(c3ccc([NH3+])cc3)CC2)cc1. The van der Waals surface area contributed by atoms with E-state index in [1.165, 1.54) is 11.4 Å². The van der Waals surface area contributed by atoms with E-state index in [9.17, 15) is 0 Å². The molecule has 1 heterocycles. The van der Waals surface area contributed by atoms with Gasteiger partial charge in [-0.2, -0.15) is 5.26 Å². The quantitative estimate of drug-likeness (QED) is 0.911. The van der Waals surface area contributed by atoms with Gasteiger partial charge in [0.1, 0.15) is 5.69 Å². The summed E-state index contributed by atoms with van der Waals surface area (Å²) >= 11 is 0. The lowest BCUT2D eigenvalue weighted by Gasteiger charge is -2.37. The molecule has 0 aromatic heterocycles. The summed E-state index contributed by atoms with van der Waals surface area (Å²) in [4.78, 5) is 4.77. The van der Waals surface area contributed by atoms with Crippen molar-refractivity contribution in [3.63, 3.8) is 0 Å². The monoisotopic (exact) mass is 279 g/mol. The number of nitrogens with zero attached hydrogens (tertiary/aromatic N) is 3.